The molecule has 1 aromatic heterocycles. The molecule has 16 heteroatoms. The quantitative estimate of drug-likeness (QED) is 0.326. The number of ether oxygens (including phenoxy) is 2. The van der Waals surface area contributed by atoms with E-state index >= 15 is 0 Å². The van der Waals surface area contributed by atoms with Gasteiger partial charge in [-0.25, -0.2) is 13.4 Å². The highest BCUT2D eigenvalue weighted by Gasteiger charge is 2.40. The van der Waals surface area contributed by atoms with Crippen LogP contribution in [0.15, 0.2) is 23.1 Å². The third kappa shape index (κ3) is 8.30. The first kappa shape index (κ1) is 32.1. The summed E-state index contributed by atoms with van der Waals surface area (Å²) in [6, 6.07) is -0.120. The van der Waals surface area contributed by atoms with E-state index in [1.165, 1.54) is 11.8 Å². The molecule has 2 aromatic rings. The van der Waals surface area contributed by atoms with Gasteiger partial charge in [-0.15, -0.1) is 24.5 Å². The number of aromatic nitrogens is 1. The molecule has 0 spiro atoms. The molecule has 1 amide bonds. The van der Waals surface area contributed by atoms with Crippen LogP contribution in [0, 0.1) is 5.92 Å². The number of benzene rings is 1. The number of hydrogen-bond acceptors (Lipinski definition) is 7. The lowest BCUT2D eigenvalue weighted by molar-refractivity contribution is -0.274. The first-order chi connectivity index (χ1) is 18.3. The van der Waals surface area contributed by atoms with Crippen molar-refractivity contribution in [2.75, 3.05) is 13.7 Å². The number of methoxy groups -OCH3 is 1. The molecule has 0 bridgehead atoms. The number of carbonyl (C=O) groups is 1. The summed E-state index contributed by atoms with van der Waals surface area (Å²) in [5.41, 5.74) is -0.572. The van der Waals surface area contributed by atoms with E-state index in [9.17, 15) is 39.6 Å². The lowest BCUT2D eigenvalue weighted by atomic mass is 9.82. The first-order valence-corrected chi connectivity index (χ1v) is 14.4. The van der Waals surface area contributed by atoms with Gasteiger partial charge in [0.25, 0.3) is 5.91 Å². The Morgan fingerprint density at radius 3 is 2.35 bits per heavy atom. The highest BCUT2D eigenvalue weighted by atomic mass is 32.2. The highest BCUT2D eigenvalue weighted by molar-refractivity contribution is 7.89. The van der Waals surface area contributed by atoms with E-state index in [1.807, 2.05) is 0 Å². The average Bonchev–Trinajstić information content (AvgIpc) is 3.21. The predicted molar refractivity (Wildman–Crippen MR) is 135 cm³/mol. The number of hydrogen-bond donors (Lipinski definition) is 2. The number of nitrogens with one attached hydrogen (secondary N) is 2. The van der Waals surface area contributed by atoms with Gasteiger partial charge in [-0.05, 0) is 45.2 Å². The Morgan fingerprint density at radius 2 is 1.82 bits per heavy atom. The molecule has 1 unspecified atom stereocenters. The SMILES string of the molecule is COC(C)(C)CNC(=O)c1nc(CC2CCC2)c(-c2ccc(S(=O)(=O)NC(C)C(F)(F)F)cc2OC(F)(F)F)s1. The Hall–Kier alpha value is -2.43. The number of alkyl halides is 6. The van der Waals surface area contributed by atoms with E-state index in [0.717, 1.165) is 42.7 Å². The van der Waals surface area contributed by atoms with E-state index < -0.39 is 50.8 Å². The van der Waals surface area contributed by atoms with Crippen molar-refractivity contribution in [1.29, 1.82) is 0 Å². The Bertz CT molecular complexity index is 1320. The minimum Gasteiger partial charge on any atom is -0.405 e. The number of halogens is 6. The smallest absolute Gasteiger partial charge is 0.405 e. The van der Waals surface area contributed by atoms with Gasteiger partial charge in [-0.2, -0.15) is 17.9 Å². The number of sulfonamides is 1. The summed E-state index contributed by atoms with van der Waals surface area (Å²) in [5, 5.41) is 2.63. The maximum Gasteiger partial charge on any atom is 0.573 e. The Labute approximate surface area is 231 Å². The van der Waals surface area contributed by atoms with Crippen molar-refractivity contribution >= 4 is 27.3 Å². The Kier molecular flexibility index (Phi) is 9.48. The van der Waals surface area contributed by atoms with Crippen molar-refractivity contribution in [2.45, 2.75) is 75.5 Å². The molecule has 1 saturated carbocycles. The van der Waals surface area contributed by atoms with Gasteiger partial charge >= 0.3 is 12.5 Å². The van der Waals surface area contributed by atoms with Gasteiger partial charge in [0, 0.05) is 25.3 Å². The predicted octanol–water partition coefficient (Wildman–Crippen LogP) is 5.44. The van der Waals surface area contributed by atoms with Gasteiger partial charge in [0.1, 0.15) is 11.8 Å². The minimum absolute atomic E-state index is 0.0356. The van der Waals surface area contributed by atoms with E-state index in [0.29, 0.717) is 25.1 Å². The Morgan fingerprint density at radius 1 is 1.18 bits per heavy atom. The molecule has 2 N–H and O–H groups in total. The highest BCUT2D eigenvalue weighted by Crippen LogP contribution is 2.42. The molecule has 0 aliphatic heterocycles. The molecule has 0 radical (unpaired) electrons. The second kappa shape index (κ2) is 11.8. The van der Waals surface area contributed by atoms with E-state index in [4.69, 9.17) is 4.74 Å². The summed E-state index contributed by atoms with van der Waals surface area (Å²) >= 11 is 0.798. The van der Waals surface area contributed by atoms with Crippen LogP contribution in [-0.4, -0.2) is 57.1 Å². The molecule has 1 aliphatic carbocycles. The number of thiazole rings is 1. The maximum absolute atomic E-state index is 13.4. The summed E-state index contributed by atoms with van der Waals surface area (Å²) in [6.07, 6.45) is -7.11. The maximum atomic E-state index is 13.4. The van der Waals surface area contributed by atoms with E-state index in [-0.39, 0.29) is 27.9 Å². The fourth-order valence-electron chi connectivity index (χ4n) is 3.64. The standard InChI is InChI=1S/C24H29F6N3O5S2/c1-13(23(25,26)27)33-40(35,36)15-8-9-16(18(11-15)38-24(28,29)30)19-17(10-14-6-5-7-14)32-21(39-19)20(34)31-12-22(2,3)37-4/h8-9,11,13-14,33H,5-7,10,12H2,1-4H3,(H,31,34). The normalized spacial score (nSPS) is 15.9. The van der Waals surface area contributed by atoms with Crippen LogP contribution in [0.25, 0.3) is 10.4 Å². The van der Waals surface area contributed by atoms with Crippen LogP contribution in [-0.2, 0) is 21.2 Å². The molecule has 1 aliphatic rings. The molecule has 0 saturated heterocycles. The monoisotopic (exact) mass is 617 g/mol. The van der Waals surface area contributed by atoms with Gasteiger partial charge in [0.05, 0.1) is 21.1 Å². The van der Waals surface area contributed by atoms with Gasteiger partial charge in [-0.1, -0.05) is 19.3 Å². The minimum atomic E-state index is -5.26. The number of amides is 1. The molecule has 8 nitrogen and oxygen atoms in total. The lowest BCUT2D eigenvalue weighted by Crippen LogP contribution is -2.42. The van der Waals surface area contributed by atoms with Gasteiger partial charge in [-0.3, -0.25) is 4.79 Å². The second-order valence-electron chi connectivity index (χ2n) is 10.0. The van der Waals surface area contributed by atoms with Gasteiger partial charge in [0.15, 0.2) is 5.01 Å². The van der Waals surface area contributed by atoms with Crippen LogP contribution in [0.2, 0.25) is 0 Å². The van der Waals surface area contributed by atoms with Crippen molar-refractivity contribution in [2.24, 2.45) is 5.92 Å². The molecule has 224 valence electrons. The van der Waals surface area contributed by atoms with Gasteiger partial charge < -0.3 is 14.8 Å². The first-order valence-electron chi connectivity index (χ1n) is 12.1. The molecule has 3 rings (SSSR count). The second-order valence-corrected chi connectivity index (χ2v) is 12.7. The van der Waals surface area contributed by atoms with Gasteiger partial charge in [0.2, 0.25) is 10.0 Å². The van der Waals surface area contributed by atoms with Crippen molar-refractivity contribution < 1.29 is 49.0 Å². The molecule has 1 fully saturated rings. The average molecular weight is 618 g/mol. The summed E-state index contributed by atoms with van der Waals surface area (Å²) in [5.74, 6) is -1.34. The van der Waals surface area contributed by atoms with E-state index in [2.05, 4.69) is 15.0 Å². The number of nitrogens with zero attached hydrogens (tertiary/aromatic N) is 1. The zero-order valence-electron chi connectivity index (χ0n) is 22.0. The molecule has 1 aromatic carbocycles. The zero-order chi connectivity index (χ0) is 30.1. The van der Waals surface area contributed by atoms with Crippen LogP contribution in [0.3, 0.4) is 0 Å². The third-order valence-corrected chi connectivity index (χ3v) is 9.05. The third-order valence-electron chi connectivity index (χ3n) is 6.38. The molecule has 40 heavy (non-hydrogen) atoms. The van der Waals surface area contributed by atoms with Crippen LogP contribution in [0.4, 0.5) is 26.3 Å². The summed E-state index contributed by atoms with van der Waals surface area (Å²) < 4.78 is 115. The summed E-state index contributed by atoms with van der Waals surface area (Å²) in [7, 11) is -3.41. The zero-order valence-corrected chi connectivity index (χ0v) is 23.6. The van der Waals surface area contributed by atoms with Crippen LogP contribution in [0.1, 0.15) is 55.5 Å². The van der Waals surface area contributed by atoms with Crippen LogP contribution < -0.4 is 14.8 Å². The molecule has 1 heterocycles. The lowest BCUT2D eigenvalue weighted by Gasteiger charge is -2.25. The van der Waals surface area contributed by atoms with Crippen molar-refractivity contribution in [3.05, 3.63) is 28.9 Å². The van der Waals surface area contributed by atoms with Crippen molar-refractivity contribution in [3.8, 4) is 16.2 Å². The topological polar surface area (TPSA) is 107 Å². The molecule has 1 atom stereocenters. The molecular weight excluding hydrogens is 588 g/mol. The summed E-state index contributed by atoms with van der Waals surface area (Å²) in [6.45, 7) is 4.16. The number of rotatable bonds is 11. The van der Waals surface area contributed by atoms with E-state index in [1.54, 1.807) is 13.8 Å². The number of carbonyl (C=O) groups excluding carboxylic acids is 1. The fourth-order valence-corrected chi connectivity index (χ4v) is 5.93. The Balaban J connectivity index is 2.06. The molecular formula is C24H29F6N3O5S2. The van der Waals surface area contributed by atoms with Crippen molar-refractivity contribution in [1.82, 2.24) is 15.0 Å². The van der Waals surface area contributed by atoms with Crippen LogP contribution >= 0.6 is 11.3 Å². The summed E-state index contributed by atoms with van der Waals surface area (Å²) in [4.78, 5) is 16.5. The fraction of sp³-hybridized carbons (Fsp3) is 0.583. The van der Waals surface area contributed by atoms with Crippen molar-refractivity contribution in [3.63, 3.8) is 0 Å². The largest absolute Gasteiger partial charge is 0.573 e. The van der Waals surface area contributed by atoms with Crippen LogP contribution in [0.5, 0.6) is 5.75 Å².